The van der Waals surface area contributed by atoms with Gasteiger partial charge in [0, 0.05) is 29.4 Å². The van der Waals surface area contributed by atoms with Crippen molar-refractivity contribution < 1.29 is 23.8 Å². The first kappa shape index (κ1) is 15.6. The van der Waals surface area contributed by atoms with Gasteiger partial charge in [0.2, 0.25) is 0 Å². The fourth-order valence-corrected chi connectivity index (χ4v) is 5.31. The van der Waals surface area contributed by atoms with Gasteiger partial charge in [-0.1, -0.05) is 13.0 Å². The SMILES string of the molecule is CC1(CC(O)c2ccoc2)CC(=O)CC23COC(=O)C2=CCCC13. The van der Waals surface area contributed by atoms with Crippen molar-refractivity contribution in [3.8, 4) is 0 Å². The fraction of sp³-hybridized carbons (Fsp3) is 0.579. The maximum atomic E-state index is 12.6. The molecule has 1 aromatic rings. The van der Waals surface area contributed by atoms with E-state index in [1.165, 1.54) is 0 Å². The van der Waals surface area contributed by atoms with Gasteiger partial charge in [0.25, 0.3) is 0 Å². The number of carbonyl (C=O) groups excluding carboxylic acids is 2. The highest BCUT2D eigenvalue weighted by atomic mass is 16.5. The van der Waals surface area contributed by atoms with Gasteiger partial charge in [-0.05, 0) is 36.7 Å². The molecule has 0 bridgehead atoms. The number of ether oxygens (including phenoxy) is 1. The van der Waals surface area contributed by atoms with E-state index >= 15 is 0 Å². The molecule has 5 nitrogen and oxygen atoms in total. The van der Waals surface area contributed by atoms with Crippen LogP contribution in [0, 0.1) is 16.7 Å². The summed E-state index contributed by atoms with van der Waals surface area (Å²) in [5.74, 6) is 0.0436. The lowest BCUT2D eigenvalue weighted by atomic mass is 9.49. The molecule has 3 aliphatic rings. The molecule has 4 rings (SSSR count). The van der Waals surface area contributed by atoms with Crippen molar-refractivity contribution in [2.24, 2.45) is 16.7 Å². The second-order valence-electron chi connectivity index (χ2n) is 7.80. The number of Topliss-reactive ketones (excluding diaryl/α,β-unsaturated/α-hetero) is 1. The highest BCUT2D eigenvalue weighted by Gasteiger charge is 2.61. The Bertz CT molecular complexity index is 703. The molecule has 5 heteroatoms. The lowest BCUT2D eigenvalue weighted by molar-refractivity contribution is -0.139. The molecule has 0 amide bonds. The van der Waals surface area contributed by atoms with Crippen LogP contribution in [-0.4, -0.2) is 23.5 Å². The zero-order valence-electron chi connectivity index (χ0n) is 13.8. The number of ketones is 1. The molecular weight excluding hydrogens is 308 g/mol. The number of allylic oxidation sites excluding steroid dienone is 1. The van der Waals surface area contributed by atoms with E-state index in [4.69, 9.17) is 9.15 Å². The molecule has 2 heterocycles. The number of carbonyl (C=O) groups is 2. The van der Waals surface area contributed by atoms with Crippen molar-refractivity contribution >= 4 is 11.8 Å². The normalized spacial score (nSPS) is 36.6. The second-order valence-corrected chi connectivity index (χ2v) is 7.80. The van der Waals surface area contributed by atoms with Crippen LogP contribution >= 0.6 is 0 Å². The van der Waals surface area contributed by atoms with Gasteiger partial charge in [0.15, 0.2) is 0 Å². The van der Waals surface area contributed by atoms with Gasteiger partial charge in [-0.25, -0.2) is 4.79 Å². The Morgan fingerprint density at radius 1 is 1.38 bits per heavy atom. The number of aliphatic hydroxyl groups excluding tert-OH is 1. The molecule has 4 unspecified atom stereocenters. The summed E-state index contributed by atoms with van der Waals surface area (Å²) < 4.78 is 10.4. The third-order valence-electron chi connectivity index (χ3n) is 6.23. The van der Waals surface area contributed by atoms with E-state index in [-0.39, 0.29) is 23.1 Å². The fourth-order valence-electron chi connectivity index (χ4n) is 5.31. The zero-order chi connectivity index (χ0) is 16.9. The van der Waals surface area contributed by atoms with Gasteiger partial charge in [-0.3, -0.25) is 4.79 Å². The Morgan fingerprint density at radius 2 is 2.21 bits per heavy atom. The van der Waals surface area contributed by atoms with Gasteiger partial charge in [0.05, 0.1) is 18.6 Å². The maximum absolute atomic E-state index is 12.6. The van der Waals surface area contributed by atoms with E-state index in [2.05, 4.69) is 6.92 Å². The van der Waals surface area contributed by atoms with Crippen LogP contribution in [0.25, 0.3) is 0 Å². The summed E-state index contributed by atoms with van der Waals surface area (Å²) in [6.45, 7) is 2.37. The summed E-state index contributed by atoms with van der Waals surface area (Å²) in [5, 5.41) is 10.6. The van der Waals surface area contributed by atoms with Crippen molar-refractivity contribution in [3.05, 3.63) is 35.8 Å². The van der Waals surface area contributed by atoms with Crippen LogP contribution in [0.5, 0.6) is 0 Å². The van der Waals surface area contributed by atoms with Crippen LogP contribution in [0.15, 0.2) is 34.7 Å². The quantitative estimate of drug-likeness (QED) is 0.862. The number of furan rings is 1. The predicted octanol–water partition coefficient (Wildman–Crippen LogP) is 2.95. The molecule has 1 spiro atoms. The van der Waals surface area contributed by atoms with E-state index in [1.54, 1.807) is 18.6 Å². The lowest BCUT2D eigenvalue weighted by Crippen LogP contribution is -2.51. The minimum atomic E-state index is -0.677. The van der Waals surface area contributed by atoms with Gasteiger partial charge >= 0.3 is 5.97 Å². The maximum Gasteiger partial charge on any atom is 0.334 e. The van der Waals surface area contributed by atoms with Crippen molar-refractivity contribution in [2.45, 2.75) is 45.1 Å². The van der Waals surface area contributed by atoms with Crippen LogP contribution in [0.1, 0.15) is 50.7 Å². The number of rotatable bonds is 3. The van der Waals surface area contributed by atoms with Crippen molar-refractivity contribution in [1.82, 2.24) is 0 Å². The number of cyclic esters (lactones) is 1. The van der Waals surface area contributed by atoms with Gasteiger partial charge in [-0.15, -0.1) is 0 Å². The van der Waals surface area contributed by atoms with E-state index in [0.29, 0.717) is 31.4 Å². The molecule has 0 aromatic carbocycles. The Morgan fingerprint density at radius 3 is 2.96 bits per heavy atom. The first-order valence-electron chi connectivity index (χ1n) is 8.54. The van der Waals surface area contributed by atoms with Gasteiger partial charge in [-0.2, -0.15) is 0 Å². The topological polar surface area (TPSA) is 76.7 Å². The lowest BCUT2D eigenvalue weighted by Gasteiger charge is -2.53. The monoisotopic (exact) mass is 330 g/mol. The van der Waals surface area contributed by atoms with Gasteiger partial charge in [0.1, 0.15) is 12.4 Å². The molecule has 2 aliphatic carbocycles. The minimum Gasteiger partial charge on any atom is -0.472 e. The minimum absolute atomic E-state index is 0.152. The van der Waals surface area contributed by atoms with Crippen LogP contribution in [0.3, 0.4) is 0 Å². The van der Waals surface area contributed by atoms with Crippen LogP contribution < -0.4 is 0 Å². The summed E-state index contributed by atoms with van der Waals surface area (Å²) in [5.41, 5.74) is 0.569. The molecule has 128 valence electrons. The molecular formula is C19H22O5. The number of aliphatic hydroxyl groups is 1. The largest absolute Gasteiger partial charge is 0.472 e. The third-order valence-corrected chi connectivity index (χ3v) is 6.23. The van der Waals surface area contributed by atoms with Crippen molar-refractivity contribution in [1.29, 1.82) is 0 Å². The molecule has 1 saturated carbocycles. The van der Waals surface area contributed by atoms with Crippen LogP contribution in [-0.2, 0) is 14.3 Å². The molecule has 1 N–H and O–H groups in total. The van der Waals surface area contributed by atoms with Crippen LogP contribution in [0.2, 0.25) is 0 Å². The standard InChI is InChI=1S/C19H22O5/c1-18(9-15(21)12-5-6-23-10-12)7-13(20)8-19-11-24-17(22)14(19)3-2-4-16(18)19/h3,5-6,10,15-16,21H,2,4,7-9,11H2,1H3. The Balaban J connectivity index is 1.69. The Labute approximate surface area is 140 Å². The van der Waals surface area contributed by atoms with E-state index in [0.717, 1.165) is 18.4 Å². The van der Waals surface area contributed by atoms with E-state index in [9.17, 15) is 14.7 Å². The summed E-state index contributed by atoms with van der Waals surface area (Å²) in [7, 11) is 0. The van der Waals surface area contributed by atoms with Crippen molar-refractivity contribution in [2.75, 3.05) is 6.61 Å². The average Bonchev–Trinajstić information content (AvgIpc) is 3.15. The number of hydrogen-bond donors (Lipinski definition) is 1. The predicted molar refractivity (Wildman–Crippen MR) is 84.8 cm³/mol. The molecule has 24 heavy (non-hydrogen) atoms. The highest BCUT2D eigenvalue weighted by molar-refractivity contribution is 5.95. The first-order chi connectivity index (χ1) is 11.4. The smallest absolute Gasteiger partial charge is 0.334 e. The van der Waals surface area contributed by atoms with E-state index in [1.807, 2.05) is 6.08 Å². The summed E-state index contributed by atoms with van der Waals surface area (Å²) in [6, 6.07) is 1.75. The molecule has 2 fully saturated rings. The summed E-state index contributed by atoms with van der Waals surface area (Å²) in [6.07, 6.45) is 7.41. The number of hydrogen-bond acceptors (Lipinski definition) is 5. The zero-order valence-corrected chi connectivity index (χ0v) is 13.8. The van der Waals surface area contributed by atoms with Crippen molar-refractivity contribution in [3.63, 3.8) is 0 Å². The Kier molecular flexibility index (Phi) is 3.46. The molecule has 1 saturated heterocycles. The third kappa shape index (κ3) is 2.18. The second kappa shape index (κ2) is 5.31. The highest BCUT2D eigenvalue weighted by Crippen LogP contribution is 2.61. The van der Waals surface area contributed by atoms with E-state index < -0.39 is 11.5 Å². The Hall–Kier alpha value is -1.88. The first-order valence-corrected chi connectivity index (χ1v) is 8.54. The summed E-state index contributed by atoms with van der Waals surface area (Å²) >= 11 is 0. The summed E-state index contributed by atoms with van der Waals surface area (Å²) in [4.78, 5) is 24.7. The molecule has 1 aromatic heterocycles. The van der Waals surface area contributed by atoms with Gasteiger partial charge < -0.3 is 14.3 Å². The molecule has 4 atom stereocenters. The number of esters is 1. The van der Waals surface area contributed by atoms with Crippen LogP contribution in [0.4, 0.5) is 0 Å². The molecule has 0 radical (unpaired) electrons. The average molecular weight is 330 g/mol. The molecule has 1 aliphatic heterocycles.